The first-order valence-electron chi connectivity index (χ1n) is 8.11. The number of nitrogens with zero attached hydrogens (tertiary/aromatic N) is 3. The number of ether oxygens (including phenoxy) is 1. The number of benzene rings is 2. The van der Waals surface area contributed by atoms with E-state index in [2.05, 4.69) is 25.8 Å². The number of aromatic nitrogens is 3. The Bertz CT molecular complexity index is 922. The predicted molar refractivity (Wildman–Crippen MR) is 105 cm³/mol. The van der Waals surface area contributed by atoms with E-state index in [9.17, 15) is 0 Å². The first-order valence-corrected chi connectivity index (χ1v) is 8.49. The summed E-state index contributed by atoms with van der Waals surface area (Å²) in [5.41, 5.74) is 4.79. The molecule has 3 rings (SSSR count). The van der Waals surface area contributed by atoms with Crippen LogP contribution >= 0.6 is 11.6 Å². The maximum atomic E-state index is 6.34. The van der Waals surface area contributed by atoms with Crippen LogP contribution in [0.1, 0.15) is 16.7 Å². The lowest BCUT2D eigenvalue weighted by Crippen LogP contribution is -2.04. The average molecular weight is 370 g/mol. The van der Waals surface area contributed by atoms with E-state index in [0.717, 1.165) is 33.8 Å². The standard InChI is InChI=1S/C19H20ClN5O/c1-11-5-6-16(26-4)15(9-11)22-17-10-21-25-19(23-17)24-18-13(3)7-12(2)8-14(18)20/h5-10H,1-4H3,(H2,22,23,24,25). The van der Waals surface area contributed by atoms with E-state index < -0.39 is 0 Å². The van der Waals surface area contributed by atoms with E-state index in [1.54, 1.807) is 13.3 Å². The summed E-state index contributed by atoms with van der Waals surface area (Å²) in [4.78, 5) is 4.46. The van der Waals surface area contributed by atoms with Crippen LogP contribution in [0.3, 0.4) is 0 Å². The fraction of sp³-hybridized carbons (Fsp3) is 0.211. The minimum atomic E-state index is 0.357. The molecule has 0 atom stereocenters. The number of aryl methyl sites for hydroxylation is 3. The molecule has 0 amide bonds. The molecule has 0 fully saturated rings. The van der Waals surface area contributed by atoms with Crippen LogP contribution in [0.15, 0.2) is 36.5 Å². The van der Waals surface area contributed by atoms with Crippen LogP contribution in [0.25, 0.3) is 0 Å². The topological polar surface area (TPSA) is 72.0 Å². The van der Waals surface area contributed by atoms with Gasteiger partial charge in [-0.05, 0) is 55.7 Å². The van der Waals surface area contributed by atoms with Crippen LogP contribution in [0.4, 0.5) is 23.1 Å². The van der Waals surface area contributed by atoms with E-state index in [0.29, 0.717) is 16.8 Å². The Morgan fingerprint density at radius 2 is 1.81 bits per heavy atom. The van der Waals surface area contributed by atoms with E-state index in [4.69, 9.17) is 16.3 Å². The Morgan fingerprint density at radius 1 is 1.00 bits per heavy atom. The molecule has 1 heterocycles. The van der Waals surface area contributed by atoms with E-state index in [-0.39, 0.29) is 0 Å². The van der Waals surface area contributed by atoms with Crippen molar-refractivity contribution in [1.29, 1.82) is 0 Å². The number of hydrogen-bond acceptors (Lipinski definition) is 6. The average Bonchev–Trinajstić information content (AvgIpc) is 2.59. The van der Waals surface area contributed by atoms with Crippen LogP contribution in [-0.4, -0.2) is 22.3 Å². The van der Waals surface area contributed by atoms with Gasteiger partial charge in [0.25, 0.3) is 0 Å². The lowest BCUT2D eigenvalue weighted by molar-refractivity contribution is 0.416. The highest BCUT2D eigenvalue weighted by Gasteiger charge is 2.10. The van der Waals surface area contributed by atoms with Crippen molar-refractivity contribution in [3.63, 3.8) is 0 Å². The fourth-order valence-corrected chi connectivity index (χ4v) is 3.03. The number of nitrogens with one attached hydrogen (secondary N) is 2. The lowest BCUT2D eigenvalue weighted by atomic mass is 10.1. The van der Waals surface area contributed by atoms with E-state index in [1.807, 2.05) is 51.1 Å². The number of halogens is 1. The van der Waals surface area contributed by atoms with Gasteiger partial charge < -0.3 is 15.4 Å². The summed E-state index contributed by atoms with van der Waals surface area (Å²) in [6, 6.07) is 9.80. The van der Waals surface area contributed by atoms with Gasteiger partial charge in [0.15, 0.2) is 5.82 Å². The minimum absolute atomic E-state index is 0.357. The fourth-order valence-electron chi connectivity index (χ4n) is 2.66. The molecule has 0 aliphatic heterocycles. The summed E-state index contributed by atoms with van der Waals surface area (Å²) in [7, 11) is 1.63. The highest BCUT2D eigenvalue weighted by Crippen LogP contribution is 2.30. The van der Waals surface area contributed by atoms with Gasteiger partial charge >= 0.3 is 0 Å². The molecule has 0 unspecified atom stereocenters. The molecule has 1 aromatic heterocycles. The highest BCUT2D eigenvalue weighted by atomic mass is 35.5. The van der Waals surface area contributed by atoms with Crippen molar-refractivity contribution in [2.45, 2.75) is 20.8 Å². The van der Waals surface area contributed by atoms with Gasteiger partial charge in [-0.3, -0.25) is 0 Å². The molecule has 134 valence electrons. The molecule has 0 spiro atoms. The molecule has 0 aliphatic carbocycles. The molecule has 0 radical (unpaired) electrons. The molecule has 3 aromatic rings. The summed E-state index contributed by atoms with van der Waals surface area (Å²) in [5, 5.41) is 15.0. The number of anilines is 4. The first-order chi connectivity index (χ1) is 12.5. The zero-order valence-electron chi connectivity index (χ0n) is 15.1. The Kier molecular flexibility index (Phi) is 5.23. The summed E-state index contributed by atoms with van der Waals surface area (Å²) in [6.07, 6.45) is 1.55. The van der Waals surface area contributed by atoms with Gasteiger partial charge in [-0.2, -0.15) is 10.1 Å². The van der Waals surface area contributed by atoms with Crippen LogP contribution in [0.5, 0.6) is 5.75 Å². The second-order valence-electron chi connectivity index (χ2n) is 6.06. The van der Waals surface area contributed by atoms with Crippen LogP contribution in [-0.2, 0) is 0 Å². The van der Waals surface area contributed by atoms with Gasteiger partial charge in [-0.1, -0.05) is 23.7 Å². The molecular formula is C19H20ClN5O. The minimum Gasteiger partial charge on any atom is -0.495 e. The molecule has 0 bridgehead atoms. The van der Waals surface area contributed by atoms with Crippen molar-refractivity contribution in [1.82, 2.24) is 15.2 Å². The van der Waals surface area contributed by atoms with Gasteiger partial charge in [-0.25, -0.2) is 0 Å². The quantitative estimate of drug-likeness (QED) is 0.663. The number of hydrogen-bond donors (Lipinski definition) is 2. The third-order valence-electron chi connectivity index (χ3n) is 3.85. The summed E-state index contributed by atoms with van der Waals surface area (Å²) in [6.45, 7) is 5.99. The molecular weight excluding hydrogens is 350 g/mol. The van der Waals surface area contributed by atoms with E-state index >= 15 is 0 Å². The van der Waals surface area contributed by atoms with Crippen molar-refractivity contribution in [2.24, 2.45) is 0 Å². The van der Waals surface area contributed by atoms with Gasteiger partial charge in [0.05, 0.1) is 29.7 Å². The second-order valence-corrected chi connectivity index (χ2v) is 6.46. The largest absolute Gasteiger partial charge is 0.495 e. The summed E-state index contributed by atoms with van der Waals surface area (Å²) < 4.78 is 5.38. The van der Waals surface area contributed by atoms with Gasteiger partial charge in [0.1, 0.15) is 5.75 Å². The van der Waals surface area contributed by atoms with Gasteiger partial charge in [0, 0.05) is 0 Å². The molecule has 26 heavy (non-hydrogen) atoms. The molecule has 2 aromatic carbocycles. The summed E-state index contributed by atoms with van der Waals surface area (Å²) in [5.74, 6) is 1.63. The normalized spacial score (nSPS) is 10.5. The monoisotopic (exact) mass is 369 g/mol. The SMILES string of the molecule is COc1ccc(C)cc1Nc1cnnc(Nc2c(C)cc(C)cc2Cl)n1. The van der Waals surface area contributed by atoms with Crippen LogP contribution < -0.4 is 15.4 Å². The molecule has 0 aliphatic rings. The molecule has 0 saturated carbocycles. The predicted octanol–water partition coefficient (Wildman–Crippen LogP) is 4.95. The van der Waals surface area contributed by atoms with Crippen molar-refractivity contribution in [3.05, 3.63) is 58.2 Å². The van der Waals surface area contributed by atoms with Crippen molar-refractivity contribution < 1.29 is 4.74 Å². The maximum Gasteiger partial charge on any atom is 0.249 e. The van der Waals surface area contributed by atoms with Gasteiger partial charge in [-0.15, -0.1) is 5.10 Å². The van der Waals surface area contributed by atoms with E-state index in [1.165, 1.54) is 0 Å². The van der Waals surface area contributed by atoms with Crippen molar-refractivity contribution in [2.75, 3.05) is 17.7 Å². The summed E-state index contributed by atoms with van der Waals surface area (Å²) >= 11 is 6.34. The highest BCUT2D eigenvalue weighted by molar-refractivity contribution is 6.33. The Morgan fingerprint density at radius 3 is 2.54 bits per heavy atom. The van der Waals surface area contributed by atoms with Gasteiger partial charge in [0.2, 0.25) is 5.95 Å². The number of rotatable bonds is 5. The lowest BCUT2D eigenvalue weighted by Gasteiger charge is -2.13. The first kappa shape index (κ1) is 17.9. The number of methoxy groups -OCH3 is 1. The molecule has 2 N–H and O–H groups in total. The third-order valence-corrected chi connectivity index (χ3v) is 4.14. The molecule has 7 heteroatoms. The smallest absolute Gasteiger partial charge is 0.249 e. The third kappa shape index (κ3) is 4.03. The molecule has 0 saturated heterocycles. The van der Waals surface area contributed by atoms with Crippen LogP contribution in [0.2, 0.25) is 5.02 Å². The van der Waals surface area contributed by atoms with Crippen molar-refractivity contribution in [3.8, 4) is 5.75 Å². The zero-order chi connectivity index (χ0) is 18.7. The zero-order valence-corrected chi connectivity index (χ0v) is 15.8. The van der Waals surface area contributed by atoms with Crippen LogP contribution in [0, 0.1) is 20.8 Å². The Hall–Kier alpha value is -2.86. The second kappa shape index (κ2) is 7.58. The Labute approximate surface area is 157 Å². The Balaban J connectivity index is 1.87. The maximum absolute atomic E-state index is 6.34. The molecule has 6 nitrogen and oxygen atoms in total. The van der Waals surface area contributed by atoms with Crippen molar-refractivity contribution >= 4 is 34.7 Å².